The zero-order chi connectivity index (χ0) is 17.8. The molecule has 0 unspecified atom stereocenters. The van der Waals surface area contributed by atoms with Gasteiger partial charge in [-0.05, 0) is 24.1 Å². The summed E-state index contributed by atoms with van der Waals surface area (Å²) < 4.78 is 5.24. The van der Waals surface area contributed by atoms with E-state index < -0.39 is 0 Å². The fourth-order valence-corrected chi connectivity index (χ4v) is 2.20. The summed E-state index contributed by atoms with van der Waals surface area (Å²) in [6.07, 6.45) is 3.38. The van der Waals surface area contributed by atoms with Crippen LogP contribution in [0.4, 0.5) is 5.95 Å². The lowest BCUT2D eigenvalue weighted by molar-refractivity contribution is 0.0942. The van der Waals surface area contributed by atoms with Crippen molar-refractivity contribution in [3.05, 3.63) is 53.8 Å². The van der Waals surface area contributed by atoms with Crippen LogP contribution in [0.5, 0.6) is 0 Å². The van der Waals surface area contributed by atoms with Gasteiger partial charge in [0.25, 0.3) is 5.91 Å². The second-order valence-electron chi connectivity index (χ2n) is 5.79. The van der Waals surface area contributed by atoms with Gasteiger partial charge in [-0.2, -0.15) is 0 Å². The number of hydrogen-bond acceptors (Lipinski definition) is 7. The van der Waals surface area contributed by atoms with Gasteiger partial charge in [0.15, 0.2) is 5.76 Å². The van der Waals surface area contributed by atoms with Crippen LogP contribution in [0.15, 0.2) is 41.2 Å². The van der Waals surface area contributed by atoms with Gasteiger partial charge in [0.1, 0.15) is 11.4 Å². The Morgan fingerprint density at radius 3 is 2.88 bits per heavy atom. The Bertz CT molecular complexity index is 876. The molecule has 3 aromatic rings. The predicted octanol–water partition coefficient (Wildman–Crippen LogP) is 2.16. The maximum absolute atomic E-state index is 12.3. The van der Waals surface area contributed by atoms with Gasteiger partial charge in [-0.3, -0.25) is 9.78 Å². The van der Waals surface area contributed by atoms with E-state index in [4.69, 9.17) is 10.3 Å². The number of nitrogens with zero attached hydrogens (tertiary/aromatic N) is 4. The molecular weight excluding hydrogens is 320 g/mol. The van der Waals surface area contributed by atoms with E-state index in [-0.39, 0.29) is 30.0 Å². The summed E-state index contributed by atoms with van der Waals surface area (Å²) in [7, 11) is 0. The number of pyridine rings is 1. The summed E-state index contributed by atoms with van der Waals surface area (Å²) in [5.74, 6) is 0.400. The number of aromatic nitrogens is 4. The number of anilines is 1. The Kier molecular flexibility index (Phi) is 4.69. The van der Waals surface area contributed by atoms with E-state index in [0.717, 1.165) is 11.3 Å². The van der Waals surface area contributed by atoms with Crippen molar-refractivity contribution in [1.82, 2.24) is 25.4 Å². The Hall–Kier alpha value is -3.29. The van der Waals surface area contributed by atoms with Crippen molar-refractivity contribution >= 4 is 11.9 Å². The van der Waals surface area contributed by atoms with Gasteiger partial charge in [0.2, 0.25) is 5.95 Å². The first-order valence-corrected chi connectivity index (χ1v) is 7.81. The standard InChI is InChI=1S/C17H18N6O2/c1-10(2)13-7-15(22-17(18)21-13)16(24)20-9-12-6-14(23-25-12)11-4-3-5-19-8-11/h3-8,10H,9H2,1-2H3,(H,20,24)(H2,18,21,22). The number of carbonyl (C=O) groups excluding carboxylic acids is 1. The van der Waals surface area contributed by atoms with Crippen LogP contribution in [0.25, 0.3) is 11.3 Å². The molecule has 0 aliphatic heterocycles. The van der Waals surface area contributed by atoms with Crippen LogP contribution in [0.3, 0.4) is 0 Å². The van der Waals surface area contributed by atoms with Crippen molar-refractivity contribution in [2.75, 3.05) is 5.73 Å². The highest BCUT2D eigenvalue weighted by molar-refractivity contribution is 5.92. The van der Waals surface area contributed by atoms with Crippen molar-refractivity contribution in [3.63, 3.8) is 0 Å². The zero-order valence-corrected chi connectivity index (χ0v) is 13.9. The molecule has 0 aliphatic carbocycles. The molecule has 0 bridgehead atoms. The summed E-state index contributed by atoms with van der Waals surface area (Å²) >= 11 is 0. The molecule has 0 spiro atoms. The lowest BCUT2D eigenvalue weighted by atomic mass is 10.1. The highest BCUT2D eigenvalue weighted by atomic mass is 16.5. The number of amides is 1. The van der Waals surface area contributed by atoms with Gasteiger partial charge >= 0.3 is 0 Å². The van der Waals surface area contributed by atoms with Crippen molar-refractivity contribution < 1.29 is 9.32 Å². The van der Waals surface area contributed by atoms with Crippen LogP contribution in [0.2, 0.25) is 0 Å². The molecule has 8 heteroatoms. The lowest BCUT2D eigenvalue weighted by Gasteiger charge is -2.08. The first-order chi connectivity index (χ1) is 12.0. The van der Waals surface area contributed by atoms with Gasteiger partial charge in [-0.1, -0.05) is 19.0 Å². The minimum atomic E-state index is -0.352. The Morgan fingerprint density at radius 1 is 1.32 bits per heavy atom. The number of carbonyl (C=O) groups is 1. The van der Waals surface area contributed by atoms with Gasteiger partial charge in [0, 0.05) is 29.7 Å². The van der Waals surface area contributed by atoms with Crippen molar-refractivity contribution in [2.24, 2.45) is 0 Å². The molecule has 3 heterocycles. The smallest absolute Gasteiger partial charge is 0.270 e. The Morgan fingerprint density at radius 2 is 2.16 bits per heavy atom. The van der Waals surface area contributed by atoms with Gasteiger partial charge in [-0.15, -0.1) is 0 Å². The van der Waals surface area contributed by atoms with E-state index in [2.05, 4.69) is 25.4 Å². The van der Waals surface area contributed by atoms with Gasteiger partial charge in [-0.25, -0.2) is 9.97 Å². The third-order valence-electron chi connectivity index (χ3n) is 3.53. The molecule has 0 saturated carbocycles. The van der Waals surface area contributed by atoms with Crippen LogP contribution < -0.4 is 11.1 Å². The molecule has 8 nitrogen and oxygen atoms in total. The fraction of sp³-hybridized carbons (Fsp3) is 0.235. The quantitative estimate of drug-likeness (QED) is 0.731. The minimum absolute atomic E-state index is 0.0786. The predicted molar refractivity (Wildman–Crippen MR) is 91.4 cm³/mol. The molecule has 3 aromatic heterocycles. The summed E-state index contributed by atoms with van der Waals surface area (Å²) in [4.78, 5) is 24.4. The summed E-state index contributed by atoms with van der Waals surface area (Å²) in [6, 6.07) is 7.09. The second-order valence-corrected chi connectivity index (χ2v) is 5.79. The molecular formula is C17H18N6O2. The van der Waals surface area contributed by atoms with Gasteiger partial charge in [0.05, 0.1) is 6.54 Å². The fourth-order valence-electron chi connectivity index (χ4n) is 2.20. The molecule has 0 fully saturated rings. The van der Waals surface area contributed by atoms with E-state index >= 15 is 0 Å². The van der Waals surface area contributed by atoms with Crippen LogP contribution in [-0.4, -0.2) is 26.0 Å². The van der Waals surface area contributed by atoms with Crippen LogP contribution in [0, 0.1) is 0 Å². The third kappa shape index (κ3) is 3.97. The molecule has 0 saturated heterocycles. The van der Waals surface area contributed by atoms with Crippen LogP contribution >= 0.6 is 0 Å². The summed E-state index contributed by atoms with van der Waals surface area (Å²) in [6.45, 7) is 4.13. The molecule has 25 heavy (non-hydrogen) atoms. The number of hydrogen-bond donors (Lipinski definition) is 2. The number of nitrogens with one attached hydrogen (secondary N) is 1. The Labute approximate surface area is 144 Å². The summed E-state index contributed by atoms with van der Waals surface area (Å²) in [5.41, 5.74) is 8.12. The third-order valence-corrected chi connectivity index (χ3v) is 3.53. The van der Waals surface area contributed by atoms with Crippen molar-refractivity contribution in [3.8, 4) is 11.3 Å². The monoisotopic (exact) mass is 338 g/mol. The molecule has 0 atom stereocenters. The highest BCUT2D eigenvalue weighted by Gasteiger charge is 2.14. The average Bonchev–Trinajstić information content (AvgIpc) is 3.09. The van der Waals surface area contributed by atoms with Crippen LogP contribution in [0.1, 0.15) is 41.7 Å². The molecule has 3 N–H and O–H groups in total. The SMILES string of the molecule is CC(C)c1cc(C(=O)NCc2cc(-c3cccnc3)no2)nc(N)n1. The second kappa shape index (κ2) is 7.08. The van der Waals surface area contributed by atoms with E-state index in [1.165, 1.54) is 0 Å². The maximum atomic E-state index is 12.3. The number of nitrogens with two attached hydrogens (primary N) is 1. The number of rotatable bonds is 5. The minimum Gasteiger partial charge on any atom is -0.368 e. The van der Waals surface area contributed by atoms with E-state index in [9.17, 15) is 4.79 Å². The van der Waals surface area contributed by atoms with E-state index in [1.807, 2.05) is 26.0 Å². The van der Waals surface area contributed by atoms with Crippen LogP contribution in [-0.2, 0) is 6.54 Å². The molecule has 0 aromatic carbocycles. The normalized spacial score (nSPS) is 10.8. The molecule has 1 amide bonds. The molecule has 0 aliphatic rings. The van der Waals surface area contributed by atoms with Crippen molar-refractivity contribution in [2.45, 2.75) is 26.3 Å². The van der Waals surface area contributed by atoms with E-state index in [0.29, 0.717) is 11.5 Å². The number of nitrogen functional groups attached to an aromatic ring is 1. The van der Waals surface area contributed by atoms with Gasteiger partial charge < -0.3 is 15.6 Å². The molecule has 3 rings (SSSR count). The maximum Gasteiger partial charge on any atom is 0.270 e. The lowest BCUT2D eigenvalue weighted by Crippen LogP contribution is -2.24. The first-order valence-electron chi connectivity index (χ1n) is 7.81. The summed E-state index contributed by atoms with van der Waals surface area (Å²) in [5, 5.41) is 6.72. The largest absolute Gasteiger partial charge is 0.368 e. The molecule has 0 radical (unpaired) electrons. The average molecular weight is 338 g/mol. The van der Waals surface area contributed by atoms with E-state index in [1.54, 1.807) is 24.5 Å². The zero-order valence-electron chi connectivity index (χ0n) is 13.9. The Balaban J connectivity index is 1.68. The topological polar surface area (TPSA) is 120 Å². The highest BCUT2D eigenvalue weighted by Crippen LogP contribution is 2.18. The first kappa shape index (κ1) is 16.6. The molecule has 128 valence electrons. The van der Waals surface area contributed by atoms with Crippen molar-refractivity contribution in [1.29, 1.82) is 0 Å².